The number of amides is 1. The van der Waals surface area contributed by atoms with E-state index in [0.717, 1.165) is 11.1 Å². The van der Waals surface area contributed by atoms with Crippen LogP contribution in [0.2, 0.25) is 0 Å². The van der Waals surface area contributed by atoms with Crippen molar-refractivity contribution in [2.45, 2.75) is 12.0 Å². The number of carboxylic acid groups (broad SMARTS) is 1. The van der Waals surface area contributed by atoms with Gasteiger partial charge in [-0.3, -0.25) is 15.0 Å². The van der Waals surface area contributed by atoms with E-state index in [9.17, 15) is 25.1 Å². The van der Waals surface area contributed by atoms with Crippen molar-refractivity contribution in [3.8, 4) is 17.0 Å². The molecule has 4 aromatic rings. The predicted octanol–water partition coefficient (Wildman–Crippen LogP) is 4.06. The summed E-state index contributed by atoms with van der Waals surface area (Å²) in [4.78, 5) is 26.7. The minimum absolute atomic E-state index is 0.0518. The molecule has 1 saturated heterocycles. The van der Waals surface area contributed by atoms with E-state index in [2.05, 4.69) is 15.2 Å². The second-order valence-electron chi connectivity index (χ2n) is 7.61. The molecule has 2 atom stereocenters. The number of nitrogens with zero attached hydrogens (tertiary/aromatic N) is 4. The number of nitro groups is 1. The smallest absolute Gasteiger partial charge is 0.407 e. The van der Waals surface area contributed by atoms with Crippen LogP contribution in [-0.4, -0.2) is 47.9 Å². The molecule has 3 N–H and O–H groups in total. The Hall–Kier alpha value is -4.47. The summed E-state index contributed by atoms with van der Waals surface area (Å²) >= 11 is 0. The fourth-order valence-corrected chi connectivity index (χ4v) is 4.15. The first kappa shape index (κ1) is 19.5. The Morgan fingerprint density at radius 3 is 2.56 bits per heavy atom. The molecule has 10 heteroatoms. The topological polar surface area (TPSA) is 145 Å². The van der Waals surface area contributed by atoms with E-state index >= 15 is 0 Å². The maximum absolute atomic E-state index is 11.7. The number of nitro benzene ring substituents is 1. The summed E-state index contributed by atoms with van der Waals surface area (Å²) in [5, 5.41) is 39.8. The van der Waals surface area contributed by atoms with E-state index in [0.29, 0.717) is 22.5 Å². The monoisotopic (exact) mass is 431 g/mol. The van der Waals surface area contributed by atoms with E-state index < -0.39 is 17.1 Å². The van der Waals surface area contributed by atoms with Crippen LogP contribution in [0.25, 0.3) is 22.3 Å². The second kappa shape index (κ2) is 7.34. The summed E-state index contributed by atoms with van der Waals surface area (Å²) in [6.07, 6.45) is -1.05. The highest BCUT2D eigenvalue weighted by Crippen LogP contribution is 2.46. The number of fused-ring (bicyclic) bond motifs is 1. The number of aromatic nitrogens is 3. The van der Waals surface area contributed by atoms with Gasteiger partial charge in [0.25, 0.3) is 5.69 Å². The van der Waals surface area contributed by atoms with E-state index in [4.69, 9.17) is 0 Å². The van der Waals surface area contributed by atoms with Crippen LogP contribution < -0.4 is 0 Å². The van der Waals surface area contributed by atoms with E-state index in [1.165, 1.54) is 17.0 Å². The Labute approximate surface area is 180 Å². The highest BCUT2D eigenvalue weighted by molar-refractivity contribution is 5.82. The minimum Gasteiger partial charge on any atom is -0.507 e. The highest BCUT2D eigenvalue weighted by Gasteiger charge is 2.44. The Morgan fingerprint density at radius 1 is 1.12 bits per heavy atom. The molecule has 3 heterocycles. The number of hydrogen-bond donors (Lipinski definition) is 3. The van der Waals surface area contributed by atoms with Crippen LogP contribution in [0.3, 0.4) is 0 Å². The van der Waals surface area contributed by atoms with Crippen LogP contribution >= 0.6 is 0 Å². The summed E-state index contributed by atoms with van der Waals surface area (Å²) in [6, 6.07) is 16.0. The number of nitrogens with one attached hydrogen (secondary N) is 1. The summed E-state index contributed by atoms with van der Waals surface area (Å²) in [5.41, 5.74) is 3.06. The standard InChI is InChI=1S/C22H17N5O5/c28-19-4-2-1-3-15(19)18-10-13-9-17(23-21(13)25-24-18)16-11-26(22(29)30)20(16)12-5-7-14(8-6-12)27(31)32/h1-10,16,20,28H,11H2,(H,23,25)(H,29,30). The van der Waals surface area contributed by atoms with Crippen molar-refractivity contribution in [2.24, 2.45) is 0 Å². The van der Waals surface area contributed by atoms with Crippen molar-refractivity contribution in [2.75, 3.05) is 6.54 Å². The first-order valence-corrected chi connectivity index (χ1v) is 9.81. The maximum Gasteiger partial charge on any atom is 0.407 e. The number of non-ortho nitro benzene ring substituents is 1. The third-order valence-electron chi connectivity index (χ3n) is 5.78. The van der Waals surface area contributed by atoms with Gasteiger partial charge in [-0.15, -0.1) is 10.2 Å². The van der Waals surface area contributed by atoms with Crippen LogP contribution in [0.5, 0.6) is 5.75 Å². The lowest BCUT2D eigenvalue weighted by atomic mass is 9.81. The Balaban J connectivity index is 1.50. The Kier molecular flexibility index (Phi) is 4.47. The van der Waals surface area contributed by atoms with Gasteiger partial charge in [0.1, 0.15) is 5.75 Å². The molecule has 0 radical (unpaired) electrons. The molecule has 0 bridgehead atoms. The summed E-state index contributed by atoms with van der Waals surface area (Å²) in [6.45, 7) is 0.281. The quantitative estimate of drug-likeness (QED) is 0.326. The molecule has 160 valence electrons. The molecule has 0 aliphatic carbocycles. The molecular formula is C22H17N5O5. The fraction of sp³-hybridized carbons (Fsp3) is 0.136. The Bertz CT molecular complexity index is 1350. The molecule has 2 aromatic heterocycles. The van der Waals surface area contributed by atoms with Gasteiger partial charge in [-0.1, -0.05) is 24.3 Å². The molecule has 10 nitrogen and oxygen atoms in total. The molecule has 0 saturated carbocycles. The molecule has 2 unspecified atom stereocenters. The van der Waals surface area contributed by atoms with Gasteiger partial charge in [0.2, 0.25) is 0 Å². The number of H-pyrrole nitrogens is 1. The van der Waals surface area contributed by atoms with Gasteiger partial charge < -0.3 is 15.2 Å². The average Bonchev–Trinajstić information content (AvgIpc) is 3.16. The summed E-state index contributed by atoms with van der Waals surface area (Å²) in [7, 11) is 0. The van der Waals surface area contributed by atoms with Gasteiger partial charge in [0.15, 0.2) is 5.65 Å². The van der Waals surface area contributed by atoms with E-state index in [-0.39, 0.29) is 23.9 Å². The number of aromatic amines is 1. The van der Waals surface area contributed by atoms with Gasteiger partial charge in [-0.2, -0.15) is 0 Å². The Morgan fingerprint density at radius 2 is 1.88 bits per heavy atom. The molecule has 1 amide bonds. The molecule has 1 aliphatic heterocycles. The van der Waals surface area contributed by atoms with Crippen molar-refractivity contribution in [3.05, 3.63) is 82.0 Å². The molecule has 2 aromatic carbocycles. The molecule has 0 spiro atoms. The number of aromatic hydroxyl groups is 1. The summed E-state index contributed by atoms with van der Waals surface area (Å²) < 4.78 is 0. The number of para-hydroxylation sites is 1. The number of hydrogen-bond acceptors (Lipinski definition) is 6. The molecule has 1 fully saturated rings. The van der Waals surface area contributed by atoms with Crippen LogP contribution in [0, 0.1) is 10.1 Å². The van der Waals surface area contributed by atoms with Crippen LogP contribution in [0.15, 0.2) is 60.7 Å². The number of phenolic OH excluding ortho intramolecular Hbond substituents is 1. The van der Waals surface area contributed by atoms with Crippen molar-refractivity contribution in [1.82, 2.24) is 20.1 Å². The largest absolute Gasteiger partial charge is 0.507 e. The zero-order chi connectivity index (χ0) is 22.4. The zero-order valence-corrected chi connectivity index (χ0v) is 16.5. The predicted molar refractivity (Wildman–Crippen MR) is 114 cm³/mol. The van der Waals surface area contributed by atoms with Crippen LogP contribution in [0.4, 0.5) is 10.5 Å². The first-order chi connectivity index (χ1) is 15.4. The van der Waals surface area contributed by atoms with E-state index in [1.807, 2.05) is 12.1 Å². The van der Waals surface area contributed by atoms with Gasteiger partial charge in [0, 0.05) is 41.2 Å². The number of phenols is 1. The fourth-order valence-electron chi connectivity index (χ4n) is 4.15. The minimum atomic E-state index is -1.05. The third kappa shape index (κ3) is 3.18. The maximum atomic E-state index is 11.7. The molecule has 1 aliphatic rings. The normalized spacial score (nSPS) is 17.8. The lowest BCUT2D eigenvalue weighted by Crippen LogP contribution is -2.50. The molecule has 5 rings (SSSR count). The van der Waals surface area contributed by atoms with Crippen molar-refractivity contribution >= 4 is 22.8 Å². The third-order valence-corrected chi connectivity index (χ3v) is 5.78. The SMILES string of the molecule is O=C(O)N1CC(c2cc3cc(-c4ccccc4O)nnc3[nH]2)C1c1ccc([N+](=O)[O-])cc1. The van der Waals surface area contributed by atoms with Crippen LogP contribution in [-0.2, 0) is 0 Å². The van der Waals surface area contributed by atoms with Gasteiger partial charge in [0.05, 0.1) is 16.7 Å². The van der Waals surface area contributed by atoms with Gasteiger partial charge in [-0.25, -0.2) is 4.79 Å². The summed E-state index contributed by atoms with van der Waals surface area (Å²) in [5.74, 6) is -0.0680. The van der Waals surface area contributed by atoms with Crippen molar-refractivity contribution in [1.29, 1.82) is 0 Å². The van der Waals surface area contributed by atoms with Crippen molar-refractivity contribution < 1.29 is 19.9 Å². The number of benzene rings is 2. The molecule has 32 heavy (non-hydrogen) atoms. The highest BCUT2D eigenvalue weighted by atomic mass is 16.6. The lowest BCUT2D eigenvalue weighted by Gasteiger charge is -2.46. The first-order valence-electron chi connectivity index (χ1n) is 9.81. The number of rotatable bonds is 4. The van der Waals surface area contributed by atoms with E-state index in [1.54, 1.807) is 36.4 Å². The lowest BCUT2D eigenvalue weighted by molar-refractivity contribution is -0.384. The average molecular weight is 431 g/mol. The zero-order valence-electron chi connectivity index (χ0n) is 16.5. The number of carbonyl (C=O) groups is 1. The van der Waals surface area contributed by atoms with Gasteiger partial charge in [-0.05, 0) is 29.8 Å². The van der Waals surface area contributed by atoms with Crippen LogP contribution in [0.1, 0.15) is 23.2 Å². The van der Waals surface area contributed by atoms with Gasteiger partial charge >= 0.3 is 6.09 Å². The molecular weight excluding hydrogens is 414 g/mol. The number of likely N-dealkylation sites (tertiary alicyclic amines) is 1. The van der Waals surface area contributed by atoms with Crippen molar-refractivity contribution in [3.63, 3.8) is 0 Å². The second-order valence-corrected chi connectivity index (χ2v) is 7.61.